The molecule has 6 nitrogen and oxygen atoms in total. The Morgan fingerprint density at radius 2 is 1.47 bits per heavy atom. The van der Waals surface area contributed by atoms with Crippen molar-refractivity contribution in [1.82, 2.24) is 0 Å². The van der Waals surface area contributed by atoms with Gasteiger partial charge in [0.2, 0.25) is 0 Å². The fourth-order valence-corrected chi connectivity index (χ4v) is 3.23. The summed E-state index contributed by atoms with van der Waals surface area (Å²) < 4.78 is 16.9. The Morgan fingerprint density at radius 1 is 0.867 bits per heavy atom. The van der Waals surface area contributed by atoms with Crippen LogP contribution in [0.1, 0.15) is 24.0 Å². The lowest BCUT2D eigenvalue weighted by molar-refractivity contribution is -0.136. The molecule has 30 heavy (non-hydrogen) atoms. The topological polar surface area (TPSA) is 91.0 Å². The maximum Gasteiger partial charge on any atom is 0.303 e. The molecule has 3 aromatic carbocycles. The second-order valence-corrected chi connectivity index (χ2v) is 6.95. The zero-order valence-corrected chi connectivity index (χ0v) is 17.1. The lowest BCUT2D eigenvalue weighted by Crippen LogP contribution is -2.07. The van der Waals surface area contributed by atoms with Crippen LogP contribution in [0.2, 0.25) is 0 Å². The number of benzene rings is 3. The van der Waals surface area contributed by atoms with E-state index in [0.717, 1.165) is 45.6 Å². The van der Waals surface area contributed by atoms with E-state index in [0.29, 0.717) is 26.2 Å². The number of nitrogens with two attached hydrogens (primary N) is 1. The molecule has 0 unspecified atom stereocenters. The van der Waals surface area contributed by atoms with E-state index in [4.69, 9.17) is 25.1 Å². The molecule has 0 atom stereocenters. The number of ether oxygens (including phenoxy) is 3. The van der Waals surface area contributed by atoms with Crippen molar-refractivity contribution in [3.63, 3.8) is 0 Å². The van der Waals surface area contributed by atoms with Gasteiger partial charge in [-0.15, -0.1) is 0 Å². The molecule has 0 saturated heterocycles. The average Bonchev–Trinajstić information content (AvgIpc) is 2.77. The molecular formula is C24H27NO5. The van der Waals surface area contributed by atoms with Gasteiger partial charge < -0.3 is 25.1 Å². The summed E-state index contributed by atoms with van der Waals surface area (Å²) in [6, 6.07) is 17.6. The second-order valence-electron chi connectivity index (χ2n) is 6.95. The lowest BCUT2D eigenvalue weighted by atomic mass is 10.0. The zero-order valence-electron chi connectivity index (χ0n) is 17.1. The smallest absolute Gasteiger partial charge is 0.303 e. The number of carbonyl (C=O) groups is 1. The largest absolute Gasteiger partial charge is 0.497 e. The standard InChI is InChI=1S/C24H27NO5/c1-28-21-7-4-19-14-22(9-5-18(19)13-21)29-11-2-12-30-23-8-3-17(6-10-24(26)27)20(15-23)16-25/h3-5,7-9,13-15H,2,6,10-12,16,25H2,1H3,(H,26,27). The van der Waals surface area contributed by atoms with Crippen LogP contribution in [0.4, 0.5) is 0 Å². The predicted molar refractivity (Wildman–Crippen MR) is 116 cm³/mol. The quantitative estimate of drug-likeness (QED) is 0.462. The van der Waals surface area contributed by atoms with Gasteiger partial charge in [0.15, 0.2) is 0 Å². The van der Waals surface area contributed by atoms with Crippen molar-refractivity contribution in [2.24, 2.45) is 5.73 Å². The van der Waals surface area contributed by atoms with Gasteiger partial charge in [-0.2, -0.15) is 0 Å². The van der Waals surface area contributed by atoms with Gasteiger partial charge in [-0.05, 0) is 64.7 Å². The molecule has 3 N–H and O–H groups in total. The molecule has 0 fully saturated rings. The van der Waals surface area contributed by atoms with Crippen LogP contribution in [0, 0.1) is 0 Å². The number of aliphatic carboxylic acids is 1. The Labute approximate surface area is 176 Å². The molecule has 0 bridgehead atoms. The van der Waals surface area contributed by atoms with Gasteiger partial charge in [0, 0.05) is 19.4 Å². The van der Waals surface area contributed by atoms with Crippen molar-refractivity contribution >= 4 is 16.7 Å². The van der Waals surface area contributed by atoms with E-state index in [1.54, 1.807) is 7.11 Å². The van der Waals surface area contributed by atoms with Crippen LogP contribution >= 0.6 is 0 Å². The van der Waals surface area contributed by atoms with E-state index in [-0.39, 0.29) is 6.42 Å². The highest BCUT2D eigenvalue weighted by Gasteiger charge is 2.06. The lowest BCUT2D eigenvalue weighted by Gasteiger charge is -2.12. The Kier molecular flexibility index (Phi) is 7.51. The van der Waals surface area contributed by atoms with Crippen LogP contribution in [-0.4, -0.2) is 31.4 Å². The molecule has 6 heteroatoms. The first kappa shape index (κ1) is 21.5. The normalized spacial score (nSPS) is 10.7. The number of carboxylic acid groups (broad SMARTS) is 1. The number of methoxy groups -OCH3 is 1. The van der Waals surface area contributed by atoms with Crippen LogP contribution in [-0.2, 0) is 17.8 Å². The van der Waals surface area contributed by atoms with Crippen LogP contribution < -0.4 is 19.9 Å². The first-order valence-electron chi connectivity index (χ1n) is 9.96. The van der Waals surface area contributed by atoms with Gasteiger partial charge in [-0.25, -0.2) is 0 Å². The molecule has 0 amide bonds. The molecule has 158 valence electrons. The van der Waals surface area contributed by atoms with Gasteiger partial charge in [0.25, 0.3) is 0 Å². The Morgan fingerprint density at radius 3 is 2.10 bits per heavy atom. The highest BCUT2D eigenvalue weighted by atomic mass is 16.5. The fourth-order valence-electron chi connectivity index (χ4n) is 3.23. The molecule has 0 aliphatic heterocycles. The third kappa shape index (κ3) is 5.87. The van der Waals surface area contributed by atoms with Gasteiger partial charge in [-0.1, -0.05) is 18.2 Å². The number of hydrogen-bond acceptors (Lipinski definition) is 5. The number of fused-ring (bicyclic) bond motifs is 1. The first-order chi connectivity index (χ1) is 14.6. The van der Waals surface area contributed by atoms with Crippen LogP contribution in [0.5, 0.6) is 17.2 Å². The minimum absolute atomic E-state index is 0.0901. The second kappa shape index (κ2) is 10.5. The number of hydrogen-bond donors (Lipinski definition) is 2. The van der Waals surface area contributed by atoms with E-state index < -0.39 is 5.97 Å². The monoisotopic (exact) mass is 409 g/mol. The molecule has 0 aliphatic carbocycles. The summed E-state index contributed by atoms with van der Waals surface area (Å²) in [7, 11) is 1.66. The molecule has 0 aromatic heterocycles. The summed E-state index contributed by atoms with van der Waals surface area (Å²) in [5.74, 6) is 1.57. The zero-order chi connectivity index (χ0) is 21.3. The Bertz CT molecular complexity index is 1000. The maximum absolute atomic E-state index is 10.8. The summed E-state index contributed by atoms with van der Waals surface area (Å²) in [6.07, 6.45) is 1.29. The van der Waals surface area contributed by atoms with Gasteiger partial charge in [0.1, 0.15) is 17.2 Å². The molecule has 0 spiro atoms. The minimum Gasteiger partial charge on any atom is -0.497 e. The van der Waals surface area contributed by atoms with Crippen molar-refractivity contribution in [2.75, 3.05) is 20.3 Å². The van der Waals surface area contributed by atoms with Crippen LogP contribution in [0.15, 0.2) is 54.6 Å². The van der Waals surface area contributed by atoms with E-state index in [2.05, 4.69) is 0 Å². The molecule has 0 radical (unpaired) electrons. The Hall–Kier alpha value is -3.25. The number of aryl methyl sites for hydroxylation is 1. The van der Waals surface area contributed by atoms with Gasteiger partial charge in [-0.3, -0.25) is 4.79 Å². The predicted octanol–water partition coefficient (Wildman–Crippen LogP) is 4.17. The molecule has 0 heterocycles. The van der Waals surface area contributed by atoms with Crippen LogP contribution in [0.3, 0.4) is 0 Å². The van der Waals surface area contributed by atoms with Crippen molar-refractivity contribution in [3.05, 3.63) is 65.7 Å². The first-order valence-corrected chi connectivity index (χ1v) is 9.96. The van der Waals surface area contributed by atoms with E-state index in [9.17, 15) is 4.79 Å². The van der Waals surface area contributed by atoms with Crippen LogP contribution in [0.25, 0.3) is 10.8 Å². The molecular weight excluding hydrogens is 382 g/mol. The summed E-state index contributed by atoms with van der Waals surface area (Å²) in [4.78, 5) is 10.8. The maximum atomic E-state index is 10.8. The van der Waals surface area contributed by atoms with Gasteiger partial charge in [0.05, 0.1) is 20.3 Å². The molecule has 3 rings (SSSR count). The molecule has 0 aliphatic rings. The van der Waals surface area contributed by atoms with Gasteiger partial charge >= 0.3 is 5.97 Å². The third-order valence-corrected chi connectivity index (χ3v) is 4.85. The molecule has 0 saturated carbocycles. The van der Waals surface area contributed by atoms with E-state index >= 15 is 0 Å². The Balaban J connectivity index is 1.46. The SMILES string of the molecule is COc1ccc2cc(OCCCOc3ccc(CCC(=O)O)c(CN)c3)ccc2c1. The summed E-state index contributed by atoms with van der Waals surface area (Å²) in [5, 5.41) is 11.0. The van der Waals surface area contributed by atoms with E-state index in [1.165, 1.54) is 0 Å². The highest BCUT2D eigenvalue weighted by molar-refractivity contribution is 5.85. The number of rotatable bonds is 11. The summed E-state index contributed by atoms with van der Waals surface area (Å²) >= 11 is 0. The van der Waals surface area contributed by atoms with E-state index in [1.807, 2.05) is 54.6 Å². The third-order valence-electron chi connectivity index (χ3n) is 4.85. The summed E-state index contributed by atoms with van der Waals surface area (Å²) in [6.45, 7) is 1.41. The van der Waals surface area contributed by atoms with Crippen molar-refractivity contribution in [3.8, 4) is 17.2 Å². The number of carboxylic acids is 1. The summed E-state index contributed by atoms with van der Waals surface area (Å²) in [5.41, 5.74) is 7.66. The minimum atomic E-state index is -0.815. The van der Waals surface area contributed by atoms with Crippen molar-refractivity contribution in [1.29, 1.82) is 0 Å². The fraction of sp³-hybridized carbons (Fsp3) is 0.292. The van der Waals surface area contributed by atoms with Crippen molar-refractivity contribution in [2.45, 2.75) is 25.8 Å². The molecule has 3 aromatic rings. The average molecular weight is 409 g/mol. The van der Waals surface area contributed by atoms with Crippen molar-refractivity contribution < 1.29 is 24.1 Å². The highest BCUT2D eigenvalue weighted by Crippen LogP contribution is 2.25.